The molecule has 0 aliphatic carbocycles. The first-order valence-corrected chi connectivity index (χ1v) is 8.19. The molecule has 0 atom stereocenters. The van der Waals surface area contributed by atoms with Gasteiger partial charge in [-0.25, -0.2) is 14.6 Å². The molecule has 4 rings (SSSR count). The van der Waals surface area contributed by atoms with Gasteiger partial charge in [0, 0.05) is 42.0 Å². The van der Waals surface area contributed by atoms with Crippen LogP contribution in [0.3, 0.4) is 0 Å². The number of aromatic amines is 1. The van der Waals surface area contributed by atoms with E-state index in [9.17, 15) is 4.39 Å². The number of methoxy groups -OCH3 is 1. The number of rotatable bonds is 6. The van der Waals surface area contributed by atoms with Crippen LogP contribution in [0.15, 0.2) is 61.2 Å². The number of hydrogen-bond acceptors (Lipinski definition) is 5. The van der Waals surface area contributed by atoms with Gasteiger partial charge in [-0.2, -0.15) is 9.49 Å². The van der Waals surface area contributed by atoms with Crippen LogP contribution in [0.1, 0.15) is 0 Å². The van der Waals surface area contributed by atoms with Crippen molar-refractivity contribution in [3.05, 3.63) is 67.1 Å². The molecule has 0 saturated carbocycles. The maximum absolute atomic E-state index is 13.0. The Balaban J connectivity index is 1.57. The van der Waals surface area contributed by atoms with Gasteiger partial charge in [0.2, 0.25) is 5.95 Å². The summed E-state index contributed by atoms with van der Waals surface area (Å²) in [5.74, 6) is 1.35. The normalized spacial score (nSPS) is 10.7. The van der Waals surface area contributed by atoms with E-state index in [1.807, 2.05) is 24.4 Å². The molecule has 0 amide bonds. The number of benzene rings is 1. The van der Waals surface area contributed by atoms with E-state index in [-0.39, 0.29) is 0 Å². The van der Waals surface area contributed by atoms with Crippen molar-refractivity contribution in [1.29, 1.82) is 0 Å². The van der Waals surface area contributed by atoms with E-state index in [4.69, 9.17) is 9.47 Å². The molecule has 0 fully saturated rings. The molecule has 3 heterocycles. The third-order valence-corrected chi connectivity index (χ3v) is 3.95. The molecular weight excluding hydrogens is 349 g/mol. The summed E-state index contributed by atoms with van der Waals surface area (Å²) in [5, 5.41) is 4.09. The van der Waals surface area contributed by atoms with Crippen molar-refractivity contribution >= 4 is 0 Å². The second-order valence-corrected chi connectivity index (χ2v) is 5.68. The number of H-pyrrole nitrogens is 1. The number of hydrogen-bond donors (Lipinski definition) is 1. The van der Waals surface area contributed by atoms with Gasteiger partial charge in [0.15, 0.2) is 6.73 Å². The molecular formula is C19H16FN5O2. The van der Waals surface area contributed by atoms with Crippen molar-refractivity contribution in [3.8, 4) is 34.1 Å². The summed E-state index contributed by atoms with van der Waals surface area (Å²) in [5.41, 5.74) is 2.20. The molecule has 3 aromatic heterocycles. The van der Waals surface area contributed by atoms with Gasteiger partial charge in [0.1, 0.15) is 17.3 Å². The Labute approximate surface area is 154 Å². The van der Waals surface area contributed by atoms with Gasteiger partial charge in [-0.15, -0.1) is 0 Å². The summed E-state index contributed by atoms with van der Waals surface area (Å²) in [6.45, 7) is 0.305. The molecule has 0 radical (unpaired) electrons. The van der Waals surface area contributed by atoms with Crippen molar-refractivity contribution in [2.75, 3.05) is 7.11 Å². The zero-order chi connectivity index (χ0) is 18.6. The lowest BCUT2D eigenvalue weighted by atomic mass is 10.1. The van der Waals surface area contributed by atoms with Crippen molar-refractivity contribution in [2.24, 2.45) is 0 Å². The molecule has 0 aliphatic heterocycles. The summed E-state index contributed by atoms with van der Waals surface area (Å²) < 4.78 is 25.9. The van der Waals surface area contributed by atoms with Gasteiger partial charge in [0.05, 0.1) is 12.8 Å². The molecule has 0 unspecified atom stereocenters. The SMILES string of the molecule is COc1cc(OCn2cccn2)ccc1-c1c[nH]c(-c2ccc(F)nc2)n1. The van der Waals surface area contributed by atoms with Crippen LogP contribution in [-0.2, 0) is 6.73 Å². The van der Waals surface area contributed by atoms with Crippen LogP contribution < -0.4 is 9.47 Å². The van der Waals surface area contributed by atoms with E-state index in [1.54, 1.807) is 36.3 Å². The van der Waals surface area contributed by atoms with E-state index in [0.717, 1.165) is 5.56 Å². The fourth-order valence-corrected chi connectivity index (χ4v) is 2.61. The number of imidazole rings is 1. The topological polar surface area (TPSA) is 77.9 Å². The summed E-state index contributed by atoms with van der Waals surface area (Å²) in [6, 6.07) is 10.3. The first-order valence-electron chi connectivity index (χ1n) is 8.19. The molecule has 0 bridgehead atoms. The number of nitrogens with one attached hydrogen (secondary N) is 1. The van der Waals surface area contributed by atoms with Gasteiger partial charge in [-0.05, 0) is 30.3 Å². The third-order valence-electron chi connectivity index (χ3n) is 3.95. The monoisotopic (exact) mass is 365 g/mol. The Hall–Kier alpha value is -3.68. The van der Waals surface area contributed by atoms with Crippen LogP contribution in [0.25, 0.3) is 22.6 Å². The van der Waals surface area contributed by atoms with Crippen LogP contribution in [0, 0.1) is 5.95 Å². The molecule has 27 heavy (non-hydrogen) atoms. The number of halogens is 1. The van der Waals surface area contributed by atoms with Crippen LogP contribution >= 0.6 is 0 Å². The largest absolute Gasteiger partial charge is 0.496 e. The highest BCUT2D eigenvalue weighted by molar-refractivity contribution is 5.70. The van der Waals surface area contributed by atoms with Crippen LogP contribution in [0.2, 0.25) is 0 Å². The molecule has 0 aliphatic rings. The zero-order valence-electron chi connectivity index (χ0n) is 14.5. The third kappa shape index (κ3) is 3.64. The lowest BCUT2D eigenvalue weighted by molar-refractivity contribution is 0.220. The molecule has 0 spiro atoms. The minimum Gasteiger partial charge on any atom is -0.496 e. The van der Waals surface area contributed by atoms with Crippen molar-refractivity contribution in [2.45, 2.75) is 6.73 Å². The smallest absolute Gasteiger partial charge is 0.212 e. The zero-order valence-corrected chi connectivity index (χ0v) is 14.5. The molecule has 1 aromatic carbocycles. The minimum absolute atomic E-state index is 0.305. The Morgan fingerprint density at radius 2 is 2.15 bits per heavy atom. The average molecular weight is 365 g/mol. The highest BCUT2D eigenvalue weighted by atomic mass is 19.1. The highest BCUT2D eigenvalue weighted by Crippen LogP contribution is 2.33. The number of pyridine rings is 1. The quantitative estimate of drug-likeness (QED) is 0.529. The standard InChI is InChI=1S/C19H16FN5O2/c1-26-17-9-14(27-12-25-8-2-7-23-25)4-5-15(17)16-11-22-19(24-16)13-3-6-18(20)21-10-13/h2-11H,12H2,1H3,(H,22,24). The highest BCUT2D eigenvalue weighted by Gasteiger charge is 2.12. The summed E-state index contributed by atoms with van der Waals surface area (Å²) in [6.07, 6.45) is 6.71. The molecule has 1 N–H and O–H groups in total. The summed E-state index contributed by atoms with van der Waals surface area (Å²) in [7, 11) is 1.59. The fraction of sp³-hybridized carbons (Fsp3) is 0.105. The van der Waals surface area contributed by atoms with Crippen LogP contribution in [-0.4, -0.2) is 31.8 Å². The number of nitrogens with zero attached hydrogens (tertiary/aromatic N) is 4. The van der Waals surface area contributed by atoms with Gasteiger partial charge in [0.25, 0.3) is 0 Å². The van der Waals surface area contributed by atoms with Gasteiger partial charge in [-0.3, -0.25) is 0 Å². The number of ether oxygens (including phenoxy) is 2. The van der Waals surface area contributed by atoms with E-state index in [2.05, 4.69) is 20.1 Å². The molecule has 0 saturated heterocycles. The Bertz CT molecular complexity index is 1030. The second kappa shape index (κ2) is 7.28. The van der Waals surface area contributed by atoms with Crippen molar-refractivity contribution in [1.82, 2.24) is 24.7 Å². The molecule has 7 nitrogen and oxygen atoms in total. The maximum Gasteiger partial charge on any atom is 0.212 e. The second-order valence-electron chi connectivity index (χ2n) is 5.68. The number of aromatic nitrogens is 5. The van der Waals surface area contributed by atoms with Gasteiger partial charge < -0.3 is 14.5 Å². The maximum atomic E-state index is 13.0. The lowest BCUT2D eigenvalue weighted by Crippen LogP contribution is -2.05. The first kappa shape index (κ1) is 16.8. The van der Waals surface area contributed by atoms with E-state index >= 15 is 0 Å². The Morgan fingerprint density at radius 3 is 2.89 bits per heavy atom. The molecule has 4 aromatic rings. The first-order chi connectivity index (χ1) is 13.2. The lowest BCUT2D eigenvalue weighted by Gasteiger charge is -2.10. The Kier molecular flexibility index (Phi) is 4.52. The van der Waals surface area contributed by atoms with Gasteiger partial charge >= 0.3 is 0 Å². The van der Waals surface area contributed by atoms with Crippen molar-refractivity contribution < 1.29 is 13.9 Å². The van der Waals surface area contributed by atoms with E-state index in [1.165, 1.54) is 12.3 Å². The summed E-state index contributed by atoms with van der Waals surface area (Å²) >= 11 is 0. The predicted octanol–water partition coefficient (Wildman–Crippen LogP) is 3.52. The average Bonchev–Trinajstić information content (AvgIpc) is 3.39. The van der Waals surface area contributed by atoms with Crippen LogP contribution in [0.4, 0.5) is 4.39 Å². The van der Waals surface area contributed by atoms with E-state index < -0.39 is 5.95 Å². The summed E-state index contributed by atoms with van der Waals surface area (Å²) in [4.78, 5) is 11.3. The van der Waals surface area contributed by atoms with E-state index in [0.29, 0.717) is 35.3 Å². The minimum atomic E-state index is -0.530. The molecule has 136 valence electrons. The van der Waals surface area contributed by atoms with Crippen LogP contribution in [0.5, 0.6) is 11.5 Å². The fourth-order valence-electron chi connectivity index (χ4n) is 2.61. The molecule has 8 heteroatoms. The van der Waals surface area contributed by atoms with Crippen molar-refractivity contribution in [3.63, 3.8) is 0 Å². The van der Waals surface area contributed by atoms with Gasteiger partial charge in [-0.1, -0.05) is 0 Å². The predicted molar refractivity (Wildman–Crippen MR) is 96.6 cm³/mol. The Morgan fingerprint density at radius 1 is 1.22 bits per heavy atom.